The molecule has 7 nitrogen and oxygen atoms in total. The monoisotopic (exact) mass is 414 g/mol. The van der Waals surface area contributed by atoms with Crippen molar-refractivity contribution in [3.05, 3.63) is 53.9 Å². The van der Waals surface area contributed by atoms with Crippen LogP contribution in [-0.2, 0) is 22.6 Å². The number of likely N-dealkylation sites (tertiary alicyclic amines) is 2. The number of rotatable bonds is 8. The van der Waals surface area contributed by atoms with Crippen molar-refractivity contribution < 1.29 is 19.1 Å². The molecule has 30 heavy (non-hydrogen) atoms. The van der Waals surface area contributed by atoms with Gasteiger partial charge in [0.2, 0.25) is 5.91 Å². The van der Waals surface area contributed by atoms with Gasteiger partial charge in [0.25, 0.3) is 0 Å². The number of imidazole rings is 1. The number of nitrogens with zero attached hydrogens (tertiary/aromatic N) is 3. The van der Waals surface area contributed by atoms with Gasteiger partial charge in [-0.2, -0.15) is 0 Å². The van der Waals surface area contributed by atoms with Gasteiger partial charge in [0.15, 0.2) is 0 Å². The van der Waals surface area contributed by atoms with E-state index in [4.69, 9.17) is 0 Å². The van der Waals surface area contributed by atoms with Gasteiger partial charge in [-0.15, -0.1) is 0 Å². The molecule has 1 amide bonds. The maximum atomic E-state index is 13.8. The Morgan fingerprint density at radius 2 is 2.07 bits per heavy atom. The van der Waals surface area contributed by atoms with E-state index in [-0.39, 0.29) is 35.9 Å². The minimum absolute atomic E-state index is 0.0138. The first kappa shape index (κ1) is 20.5. The molecule has 2 fully saturated rings. The number of amides is 1. The number of hydrogen-bond donors (Lipinski definition) is 2. The molecule has 0 saturated carbocycles. The van der Waals surface area contributed by atoms with Crippen LogP contribution in [0, 0.1) is 17.2 Å². The highest BCUT2D eigenvalue weighted by atomic mass is 19.1. The van der Waals surface area contributed by atoms with Crippen LogP contribution in [0.3, 0.4) is 0 Å². The zero-order valence-electron chi connectivity index (χ0n) is 16.9. The van der Waals surface area contributed by atoms with Gasteiger partial charge in [-0.3, -0.25) is 14.5 Å². The van der Waals surface area contributed by atoms with Crippen LogP contribution in [-0.4, -0.2) is 62.9 Å². The molecule has 0 radical (unpaired) electrons. The number of benzene rings is 1. The highest BCUT2D eigenvalue weighted by Crippen LogP contribution is 2.46. The molecule has 0 unspecified atom stereocenters. The van der Waals surface area contributed by atoms with E-state index in [0.29, 0.717) is 38.0 Å². The number of aliphatic carboxylic acids is 1. The lowest BCUT2D eigenvalue weighted by molar-refractivity contribution is -0.137. The highest BCUT2D eigenvalue weighted by molar-refractivity contribution is 5.77. The van der Waals surface area contributed by atoms with Gasteiger partial charge in [-0.25, -0.2) is 9.37 Å². The molecule has 0 aliphatic carbocycles. The lowest BCUT2D eigenvalue weighted by Crippen LogP contribution is -2.37. The maximum Gasteiger partial charge on any atom is 0.303 e. The molecule has 160 valence electrons. The third kappa shape index (κ3) is 4.38. The summed E-state index contributed by atoms with van der Waals surface area (Å²) in [6, 6.07) is 6.54. The Balaban J connectivity index is 1.40. The zero-order valence-corrected chi connectivity index (χ0v) is 16.9. The molecule has 8 heteroatoms. The van der Waals surface area contributed by atoms with Gasteiger partial charge in [0.05, 0.1) is 6.54 Å². The SMILES string of the molecule is O=C(O)CC[C@]12CN(Cc3ncc[nH]3)C[C@H]1CN(C(=O)CCc1ccccc1F)C2. The number of halogens is 1. The van der Waals surface area contributed by atoms with Crippen LogP contribution >= 0.6 is 0 Å². The normalized spacial score (nSPS) is 23.6. The molecule has 1 aromatic carbocycles. The van der Waals surface area contributed by atoms with E-state index in [1.54, 1.807) is 30.6 Å². The van der Waals surface area contributed by atoms with Crippen molar-refractivity contribution >= 4 is 11.9 Å². The average molecular weight is 414 g/mol. The van der Waals surface area contributed by atoms with Crippen molar-refractivity contribution in [2.45, 2.75) is 32.2 Å². The van der Waals surface area contributed by atoms with Gasteiger partial charge in [-0.05, 0) is 30.4 Å². The van der Waals surface area contributed by atoms with Crippen molar-refractivity contribution in [3.8, 4) is 0 Å². The number of nitrogens with one attached hydrogen (secondary N) is 1. The maximum absolute atomic E-state index is 13.8. The topological polar surface area (TPSA) is 89.5 Å². The predicted octanol–water partition coefficient (Wildman–Crippen LogP) is 2.31. The third-order valence-electron chi connectivity index (χ3n) is 6.51. The largest absolute Gasteiger partial charge is 0.481 e. The van der Waals surface area contributed by atoms with Gasteiger partial charge in [0, 0.05) is 56.8 Å². The highest BCUT2D eigenvalue weighted by Gasteiger charge is 2.53. The molecule has 0 spiro atoms. The van der Waals surface area contributed by atoms with Crippen LogP contribution in [0.2, 0.25) is 0 Å². The number of carbonyl (C=O) groups is 2. The van der Waals surface area contributed by atoms with E-state index in [1.165, 1.54) is 6.07 Å². The van der Waals surface area contributed by atoms with Crippen molar-refractivity contribution in [2.75, 3.05) is 26.2 Å². The number of aryl methyl sites for hydroxylation is 1. The fourth-order valence-electron chi connectivity index (χ4n) is 5.01. The first-order chi connectivity index (χ1) is 14.4. The molecule has 0 bridgehead atoms. The Bertz CT molecular complexity index is 904. The van der Waals surface area contributed by atoms with Crippen molar-refractivity contribution in [2.24, 2.45) is 11.3 Å². The summed E-state index contributed by atoms with van der Waals surface area (Å²) in [6.07, 6.45) is 4.81. The van der Waals surface area contributed by atoms with E-state index < -0.39 is 5.97 Å². The summed E-state index contributed by atoms with van der Waals surface area (Å²) in [7, 11) is 0. The molecule has 2 atom stereocenters. The van der Waals surface area contributed by atoms with Gasteiger partial charge < -0.3 is 15.0 Å². The molecule has 2 N–H and O–H groups in total. The summed E-state index contributed by atoms with van der Waals surface area (Å²) in [4.78, 5) is 35.6. The van der Waals surface area contributed by atoms with Crippen LogP contribution < -0.4 is 0 Å². The standard InChI is InChI=1S/C22H27FN4O3/c23-18-4-2-1-3-16(18)5-6-20(28)27-12-17-11-26(13-19-24-9-10-25-19)14-22(17,15-27)8-7-21(29)30/h1-4,9-10,17H,5-8,11-15H2,(H,24,25)(H,29,30)/t17-,22+/m0/s1. The number of carbonyl (C=O) groups excluding carboxylic acids is 1. The minimum atomic E-state index is -0.808. The number of carboxylic acid groups (broad SMARTS) is 1. The van der Waals surface area contributed by atoms with Crippen LogP contribution in [0.15, 0.2) is 36.7 Å². The Hall–Kier alpha value is -2.74. The molecule has 1 aromatic heterocycles. The van der Waals surface area contributed by atoms with E-state index in [0.717, 1.165) is 18.9 Å². The number of fused-ring (bicyclic) bond motifs is 1. The summed E-state index contributed by atoms with van der Waals surface area (Å²) in [5, 5.41) is 9.23. The molecule has 2 aliphatic heterocycles. The Labute approximate surface area is 174 Å². The number of aromatic nitrogens is 2. The quantitative estimate of drug-likeness (QED) is 0.692. The predicted molar refractivity (Wildman–Crippen MR) is 108 cm³/mol. The van der Waals surface area contributed by atoms with Crippen molar-refractivity contribution in [1.29, 1.82) is 0 Å². The Kier molecular flexibility index (Phi) is 5.85. The Morgan fingerprint density at radius 3 is 2.80 bits per heavy atom. The average Bonchev–Trinajstić information content (AvgIpc) is 3.41. The first-order valence-electron chi connectivity index (χ1n) is 10.4. The number of H-pyrrole nitrogens is 1. The summed E-state index contributed by atoms with van der Waals surface area (Å²) >= 11 is 0. The summed E-state index contributed by atoms with van der Waals surface area (Å²) in [6.45, 7) is 3.46. The molecular weight excluding hydrogens is 387 g/mol. The third-order valence-corrected chi connectivity index (χ3v) is 6.51. The van der Waals surface area contributed by atoms with Crippen LogP contribution in [0.25, 0.3) is 0 Å². The van der Waals surface area contributed by atoms with Gasteiger partial charge in [-0.1, -0.05) is 18.2 Å². The van der Waals surface area contributed by atoms with Crippen LogP contribution in [0.4, 0.5) is 4.39 Å². The number of aromatic amines is 1. The fraction of sp³-hybridized carbons (Fsp3) is 0.500. The molecule has 2 aromatic rings. The lowest BCUT2D eigenvalue weighted by atomic mass is 9.77. The molecule has 3 heterocycles. The van der Waals surface area contributed by atoms with Crippen LogP contribution in [0.5, 0.6) is 0 Å². The van der Waals surface area contributed by atoms with Crippen molar-refractivity contribution in [1.82, 2.24) is 19.8 Å². The van der Waals surface area contributed by atoms with E-state index in [2.05, 4.69) is 14.9 Å². The Morgan fingerprint density at radius 1 is 1.23 bits per heavy atom. The summed E-state index contributed by atoms with van der Waals surface area (Å²) in [5.74, 6) is 0.0531. The second-order valence-electron chi connectivity index (χ2n) is 8.52. The van der Waals surface area contributed by atoms with Crippen molar-refractivity contribution in [3.63, 3.8) is 0 Å². The van der Waals surface area contributed by atoms with Gasteiger partial charge >= 0.3 is 5.97 Å². The summed E-state index contributed by atoms with van der Waals surface area (Å²) < 4.78 is 13.8. The van der Waals surface area contributed by atoms with Gasteiger partial charge in [0.1, 0.15) is 11.6 Å². The fourth-order valence-corrected chi connectivity index (χ4v) is 5.01. The molecular formula is C22H27FN4O3. The second kappa shape index (κ2) is 8.55. The minimum Gasteiger partial charge on any atom is -0.481 e. The molecule has 2 saturated heterocycles. The number of hydrogen-bond acceptors (Lipinski definition) is 4. The second-order valence-corrected chi connectivity index (χ2v) is 8.52. The zero-order chi connectivity index (χ0) is 21.1. The smallest absolute Gasteiger partial charge is 0.303 e. The molecule has 4 rings (SSSR count). The van der Waals surface area contributed by atoms with Crippen LogP contribution in [0.1, 0.15) is 30.7 Å². The van der Waals surface area contributed by atoms with E-state index in [9.17, 15) is 19.1 Å². The summed E-state index contributed by atoms with van der Waals surface area (Å²) in [5.41, 5.74) is 0.342. The first-order valence-corrected chi connectivity index (χ1v) is 10.4. The molecule has 2 aliphatic rings. The lowest BCUT2D eigenvalue weighted by Gasteiger charge is -2.29. The van der Waals surface area contributed by atoms with E-state index >= 15 is 0 Å². The van der Waals surface area contributed by atoms with E-state index in [1.807, 2.05) is 4.90 Å². The number of carboxylic acids is 1.